The third-order valence-corrected chi connectivity index (χ3v) is 4.26. The summed E-state index contributed by atoms with van der Waals surface area (Å²) in [4.78, 5) is 12.1. The van der Waals surface area contributed by atoms with Crippen LogP contribution in [0.2, 0.25) is 0 Å². The lowest BCUT2D eigenvalue weighted by Crippen LogP contribution is -2.36. The van der Waals surface area contributed by atoms with E-state index in [1.807, 2.05) is 30.3 Å². The van der Waals surface area contributed by atoms with E-state index in [2.05, 4.69) is 12.2 Å². The Balaban J connectivity index is 0.00000220. The molecule has 1 aromatic rings. The Morgan fingerprint density at radius 3 is 2.67 bits per heavy atom. The van der Waals surface area contributed by atoms with Crippen LogP contribution in [-0.4, -0.2) is 11.9 Å². The zero-order chi connectivity index (χ0) is 14.4. The van der Waals surface area contributed by atoms with E-state index >= 15 is 0 Å². The summed E-state index contributed by atoms with van der Waals surface area (Å²) < 4.78 is 0. The van der Waals surface area contributed by atoms with Crippen LogP contribution in [0.15, 0.2) is 30.3 Å². The number of hydrogen-bond donors (Lipinski definition) is 2. The number of nitrogens with two attached hydrogens (primary N) is 1. The SMILES string of the molecule is CC1CCCC(NC(=O)CC(N)c2ccccc2)CC1.Cl. The standard InChI is InChI=1S/C17H26N2O.ClH/c1-13-6-5-9-15(11-10-13)19-17(20)12-16(18)14-7-3-2-4-8-14;/h2-4,7-8,13,15-16H,5-6,9-12,18H2,1H3,(H,19,20);1H. The number of nitrogens with one attached hydrogen (secondary N) is 1. The van der Waals surface area contributed by atoms with Gasteiger partial charge in [0.25, 0.3) is 0 Å². The van der Waals surface area contributed by atoms with Crippen LogP contribution in [0.4, 0.5) is 0 Å². The second kappa shape index (κ2) is 9.06. The summed E-state index contributed by atoms with van der Waals surface area (Å²) in [6.45, 7) is 2.30. The van der Waals surface area contributed by atoms with Gasteiger partial charge in [0, 0.05) is 18.5 Å². The van der Waals surface area contributed by atoms with Crippen LogP contribution >= 0.6 is 12.4 Å². The predicted molar refractivity (Wildman–Crippen MR) is 89.4 cm³/mol. The highest BCUT2D eigenvalue weighted by atomic mass is 35.5. The molecule has 118 valence electrons. The Bertz CT molecular complexity index is 424. The third-order valence-electron chi connectivity index (χ3n) is 4.26. The van der Waals surface area contributed by atoms with Crippen LogP contribution in [-0.2, 0) is 4.79 Å². The topological polar surface area (TPSA) is 55.1 Å². The number of carbonyl (C=O) groups is 1. The molecule has 4 heteroatoms. The molecule has 3 unspecified atom stereocenters. The number of benzene rings is 1. The Morgan fingerprint density at radius 1 is 1.24 bits per heavy atom. The second-order valence-electron chi connectivity index (χ2n) is 6.10. The Labute approximate surface area is 134 Å². The van der Waals surface area contributed by atoms with Gasteiger partial charge >= 0.3 is 0 Å². The zero-order valence-electron chi connectivity index (χ0n) is 12.8. The molecule has 21 heavy (non-hydrogen) atoms. The molecular formula is C17H27ClN2O. The second-order valence-corrected chi connectivity index (χ2v) is 6.10. The van der Waals surface area contributed by atoms with Gasteiger partial charge in [0.2, 0.25) is 5.91 Å². The predicted octanol–water partition coefficient (Wildman–Crippen LogP) is 3.58. The highest BCUT2D eigenvalue weighted by Crippen LogP contribution is 2.23. The lowest BCUT2D eigenvalue weighted by molar-refractivity contribution is -0.122. The molecule has 3 atom stereocenters. The number of halogens is 1. The summed E-state index contributed by atoms with van der Waals surface area (Å²) in [5, 5.41) is 3.16. The number of amides is 1. The van der Waals surface area contributed by atoms with Crippen LogP contribution in [0.1, 0.15) is 57.1 Å². The minimum atomic E-state index is -0.207. The molecule has 3 nitrogen and oxygen atoms in total. The molecule has 1 aromatic carbocycles. The molecule has 1 saturated carbocycles. The van der Waals surface area contributed by atoms with Gasteiger partial charge in [0.15, 0.2) is 0 Å². The maximum absolute atomic E-state index is 12.1. The molecule has 1 amide bonds. The minimum Gasteiger partial charge on any atom is -0.353 e. The molecule has 3 N–H and O–H groups in total. The van der Waals surface area contributed by atoms with Crippen molar-refractivity contribution in [1.82, 2.24) is 5.32 Å². The molecule has 1 fully saturated rings. The van der Waals surface area contributed by atoms with E-state index in [9.17, 15) is 4.79 Å². The monoisotopic (exact) mass is 310 g/mol. The van der Waals surface area contributed by atoms with Crippen molar-refractivity contribution in [2.75, 3.05) is 0 Å². The minimum absolute atomic E-state index is 0. The van der Waals surface area contributed by atoms with Crippen LogP contribution in [0.25, 0.3) is 0 Å². The molecule has 0 saturated heterocycles. The normalized spacial score (nSPS) is 23.5. The van der Waals surface area contributed by atoms with Gasteiger partial charge in [0.1, 0.15) is 0 Å². The largest absolute Gasteiger partial charge is 0.353 e. The van der Waals surface area contributed by atoms with E-state index in [0.717, 1.165) is 24.3 Å². The van der Waals surface area contributed by atoms with E-state index in [-0.39, 0.29) is 24.4 Å². The highest BCUT2D eigenvalue weighted by molar-refractivity contribution is 5.85. The van der Waals surface area contributed by atoms with Crippen molar-refractivity contribution >= 4 is 18.3 Å². The van der Waals surface area contributed by atoms with Gasteiger partial charge in [0.05, 0.1) is 0 Å². The van der Waals surface area contributed by atoms with Crippen LogP contribution in [0.3, 0.4) is 0 Å². The van der Waals surface area contributed by atoms with Crippen molar-refractivity contribution in [1.29, 1.82) is 0 Å². The maximum atomic E-state index is 12.1. The third kappa shape index (κ3) is 6.06. The van der Waals surface area contributed by atoms with E-state index in [0.29, 0.717) is 12.5 Å². The first-order valence-corrected chi connectivity index (χ1v) is 7.75. The van der Waals surface area contributed by atoms with Gasteiger partial charge in [-0.3, -0.25) is 4.79 Å². The number of rotatable bonds is 4. The molecule has 2 rings (SSSR count). The maximum Gasteiger partial charge on any atom is 0.222 e. The van der Waals surface area contributed by atoms with Gasteiger partial charge < -0.3 is 11.1 Å². The van der Waals surface area contributed by atoms with Crippen LogP contribution in [0.5, 0.6) is 0 Å². The lowest BCUT2D eigenvalue weighted by atomic mass is 10.0. The highest BCUT2D eigenvalue weighted by Gasteiger charge is 2.19. The van der Waals surface area contributed by atoms with Crippen molar-refractivity contribution < 1.29 is 4.79 Å². The molecule has 0 heterocycles. The number of carbonyl (C=O) groups excluding carboxylic acids is 1. The fourth-order valence-electron chi connectivity index (χ4n) is 2.94. The van der Waals surface area contributed by atoms with Crippen molar-refractivity contribution in [2.45, 2.75) is 57.5 Å². The van der Waals surface area contributed by atoms with Crippen molar-refractivity contribution in [2.24, 2.45) is 11.7 Å². The van der Waals surface area contributed by atoms with Crippen molar-refractivity contribution in [3.05, 3.63) is 35.9 Å². The first-order valence-electron chi connectivity index (χ1n) is 7.75. The molecule has 0 radical (unpaired) electrons. The van der Waals surface area contributed by atoms with Gasteiger partial charge in [-0.25, -0.2) is 0 Å². The summed E-state index contributed by atoms with van der Waals surface area (Å²) in [5.41, 5.74) is 7.12. The van der Waals surface area contributed by atoms with Crippen LogP contribution < -0.4 is 11.1 Å². The molecule has 1 aliphatic rings. The van der Waals surface area contributed by atoms with Gasteiger partial charge in [-0.05, 0) is 30.7 Å². The lowest BCUT2D eigenvalue weighted by Gasteiger charge is -2.18. The average Bonchev–Trinajstić information content (AvgIpc) is 2.64. The molecular weight excluding hydrogens is 284 g/mol. The zero-order valence-corrected chi connectivity index (χ0v) is 13.6. The van der Waals surface area contributed by atoms with E-state index in [4.69, 9.17) is 5.73 Å². The Hall–Kier alpha value is -1.06. The van der Waals surface area contributed by atoms with Crippen molar-refractivity contribution in [3.8, 4) is 0 Å². The first-order chi connectivity index (χ1) is 9.65. The van der Waals surface area contributed by atoms with Crippen molar-refractivity contribution in [3.63, 3.8) is 0 Å². The summed E-state index contributed by atoms with van der Waals surface area (Å²) in [5.74, 6) is 0.879. The van der Waals surface area contributed by atoms with E-state index < -0.39 is 0 Å². The summed E-state index contributed by atoms with van der Waals surface area (Å²) in [6.07, 6.45) is 6.31. The first kappa shape index (κ1) is 18.0. The number of hydrogen-bond acceptors (Lipinski definition) is 2. The summed E-state index contributed by atoms with van der Waals surface area (Å²) >= 11 is 0. The molecule has 1 aliphatic carbocycles. The smallest absolute Gasteiger partial charge is 0.222 e. The fraction of sp³-hybridized carbons (Fsp3) is 0.588. The summed E-state index contributed by atoms with van der Waals surface area (Å²) in [6, 6.07) is 9.97. The molecule has 0 aliphatic heterocycles. The van der Waals surface area contributed by atoms with Gasteiger partial charge in [-0.15, -0.1) is 12.4 Å². The quantitative estimate of drug-likeness (QED) is 0.835. The Kier molecular flexibility index (Phi) is 7.76. The summed E-state index contributed by atoms with van der Waals surface area (Å²) in [7, 11) is 0. The Morgan fingerprint density at radius 2 is 1.95 bits per heavy atom. The average molecular weight is 311 g/mol. The molecule has 0 bridgehead atoms. The van der Waals surface area contributed by atoms with E-state index in [1.54, 1.807) is 0 Å². The van der Waals surface area contributed by atoms with E-state index in [1.165, 1.54) is 19.3 Å². The van der Waals surface area contributed by atoms with Crippen LogP contribution in [0, 0.1) is 5.92 Å². The molecule has 0 aromatic heterocycles. The molecule has 0 spiro atoms. The van der Waals surface area contributed by atoms with Gasteiger partial charge in [-0.2, -0.15) is 0 Å². The fourth-order valence-corrected chi connectivity index (χ4v) is 2.94. The van der Waals surface area contributed by atoms with Gasteiger partial charge in [-0.1, -0.05) is 50.1 Å².